The van der Waals surface area contributed by atoms with E-state index in [1.54, 1.807) is 30.3 Å². The first kappa shape index (κ1) is 14.3. The van der Waals surface area contributed by atoms with Crippen LogP contribution >= 0.6 is 0 Å². The summed E-state index contributed by atoms with van der Waals surface area (Å²) in [5, 5.41) is 24.5. The van der Waals surface area contributed by atoms with Gasteiger partial charge in [0.2, 0.25) is 0 Å². The fraction of sp³-hybridized carbons (Fsp3) is 0. The third-order valence-electron chi connectivity index (χ3n) is 3.02. The van der Waals surface area contributed by atoms with Crippen LogP contribution in [0.3, 0.4) is 0 Å². The Bertz CT molecular complexity index is 718. The van der Waals surface area contributed by atoms with Crippen molar-refractivity contribution in [3.63, 3.8) is 0 Å². The maximum atomic E-state index is 9.89. The number of phenolic OH excluding ortho intramolecular Hbond substituents is 1. The molecule has 0 atom stereocenters. The van der Waals surface area contributed by atoms with Crippen molar-refractivity contribution < 1.29 is 5.11 Å². The number of benzene rings is 2. The lowest BCUT2D eigenvalue weighted by Gasteiger charge is -2.03. The number of hydrogen-bond donors (Lipinski definition) is 5. The van der Waals surface area contributed by atoms with Gasteiger partial charge in [-0.2, -0.15) is 0 Å². The van der Waals surface area contributed by atoms with E-state index < -0.39 is 0 Å². The van der Waals surface area contributed by atoms with Crippen molar-refractivity contribution in [1.82, 2.24) is 0 Å². The maximum Gasteiger partial charge on any atom is 0.123 e. The van der Waals surface area contributed by atoms with E-state index in [2.05, 4.69) is 0 Å². The van der Waals surface area contributed by atoms with Crippen molar-refractivity contribution in [1.29, 1.82) is 10.8 Å². The quantitative estimate of drug-likeness (QED) is 0.335. The number of amidine groups is 2. The molecule has 0 aliphatic heterocycles. The SMILES string of the molecule is N=C(N)c1ccc(/C=C/c2ccc(C(=N)N)cc2O)cc1. The molecule has 0 aliphatic rings. The molecule has 0 fully saturated rings. The molecule has 0 amide bonds. The van der Waals surface area contributed by atoms with E-state index in [9.17, 15) is 5.11 Å². The first-order valence-electron chi connectivity index (χ1n) is 6.27. The lowest BCUT2D eigenvalue weighted by atomic mass is 10.1. The predicted molar refractivity (Wildman–Crippen MR) is 85.5 cm³/mol. The molecule has 5 nitrogen and oxygen atoms in total. The van der Waals surface area contributed by atoms with Crippen LogP contribution in [0.4, 0.5) is 0 Å². The average molecular weight is 280 g/mol. The second-order valence-electron chi connectivity index (χ2n) is 4.56. The highest BCUT2D eigenvalue weighted by Gasteiger charge is 2.02. The molecule has 0 spiro atoms. The topological polar surface area (TPSA) is 120 Å². The Morgan fingerprint density at radius 1 is 0.857 bits per heavy atom. The van der Waals surface area contributed by atoms with E-state index >= 15 is 0 Å². The molecule has 0 aromatic heterocycles. The van der Waals surface area contributed by atoms with Gasteiger partial charge < -0.3 is 16.6 Å². The smallest absolute Gasteiger partial charge is 0.123 e. The van der Waals surface area contributed by atoms with Crippen molar-refractivity contribution in [2.24, 2.45) is 11.5 Å². The zero-order chi connectivity index (χ0) is 15.4. The molecule has 106 valence electrons. The number of rotatable bonds is 4. The third-order valence-corrected chi connectivity index (χ3v) is 3.02. The molecule has 0 saturated carbocycles. The second kappa shape index (κ2) is 5.92. The standard InChI is InChI=1S/C16H16N4O/c17-15(18)12-5-2-10(3-6-12)1-4-11-7-8-13(16(19)20)9-14(11)21/h1-9,21H,(H3,17,18)(H3,19,20)/b4-1+. The molecular weight excluding hydrogens is 264 g/mol. The molecule has 5 heteroatoms. The van der Waals surface area contributed by atoms with E-state index in [1.165, 1.54) is 6.07 Å². The molecule has 7 N–H and O–H groups in total. The van der Waals surface area contributed by atoms with E-state index in [4.69, 9.17) is 22.3 Å². The van der Waals surface area contributed by atoms with Crippen LogP contribution in [0.15, 0.2) is 42.5 Å². The molecule has 0 aliphatic carbocycles. The lowest BCUT2D eigenvalue weighted by molar-refractivity contribution is 0.474. The van der Waals surface area contributed by atoms with Crippen molar-refractivity contribution in [3.8, 4) is 5.75 Å². The molecule has 0 radical (unpaired) electrons. The fourth-order valence-electron chi connectivity index (χ4n) is 1.81. The summed E-state index contributed by atoms with van der Waals surface area (Å²) in [4.78, 5) is 0. The first-order chi connectivity index (χ1) is 9.97. The zero-order valence-corrected chi connectivity index (χ0v) is 11.3. The minimum atomic E-state index is -0.0827. The Morgan fingerprint density at radius 2 is 1.43 bits per heavy atom. The first-order valence-corrected chi connectivity index (χ1v) is 6.27. The lowest BCUT2D eigenvalue weighted by Crippen LogP contribution is -2.10. The van der Waals surface area contributed by atoms with Gasteiger partial charge in [-0.3, -0.25) is 10.8 Å². The van der Waals surface area contributed by atoms with Gasteiger partial charge in [0, 0.05) is 16.7 Å². The molecule has 0 heterocycles. The minimum absolute atomic E-state index is 0.0306. The molecule has 0 saturated heterocycles. The van der Waals surface area contributed by atoms with Crippen LogP contribution in [0.1, 0.15) is 22.3 Å². The predicted octanol–water partition coefficient (Wildman–Crippen LogP) is 2.13. The highest BCUT2D eigenvalue weighted by molar-refractivity contribution is 5.96. The summed E-state index contributed by atoms with van der Waals surface area (Å²) in [5.74, 6) is 0.0166. The van der Waals surface area contributed by atoms with Crippen LogP contribution in [0.2, 0.25) is 0 Å². The molecule has 0 unspecified atom stereocenters. The molecule has 0 bridgehead atoms. The Labute approximate surface area is 122 Å². The van der Waals surface area contributed by atoms with E-state index in [0.717, 1.165) is 5.56 Å². The molecule has 2 aromatic carbocycles. The summed E-state index contributed by atoms with van der Waals surface area (Å²) in [6, 6.07) is 12.1. The Morgan fingerprint density at radius 3 is 1.95 bits per heavy atom. The van der Waals surface area contributed by atoms with E-state index in [1.807, 2.05) is 18.2 Å². The van der Waals surface area contributed by atoms with Gasteiger partial charge >= 0.3 is 0 Å². The minimum Gasteiger partial charge on any atom is -0.507 e. The van der Waals surface area contributed by atoms with Crippen molar-refractivity contribution in [2.75, 3.05) is 0 Å². The summed E-state index contributed by atoms with van der Waals surface area (Å²) in [6.07, 6.45) is 3.61. The average Bonchev–Trinajstić information content (AvgIpc) is 2.46. The van der Waals surface area contributed by atoms with Gasteiger partial charge in [-0.25, -0.2) is 0 Å². The number of nitrogens with two attached hydrogens (primary N) is 2. The van der Waals surface area contributed by atoms with Crippen molar-refractivity contribution in [3.05, 3.63) is 64.7 Å². The Hall–Kier alpha value is -3.08. The number of aromatic hydroxyl groups is 1. The van der Waals surface area contributed by atoms with Crippen LogP contribution in [0, 0.1) is 10.8 Å². The van der Waals surface area contributed by atoms with Gasteiger partial charge in [0.15, 0.2) is 0 Å². The van der Waals surface area contributed by atoms with Gasteiger partial charge in [-0.1, -0.05) is 48.6 Å². The summed E-state index contributed by atoms with van der Waals surface area (Å²) >= 11 is 0. The Kier molecular flexibility index (Phi) is 4.04. The number of nitrogen functional groups attached to an aromatic ring is 2. The summed E-state index contributed by atoms with van der Waals surface area (Å²) in [6.45, 7) is 0. The highest BCUT2D eigenvalue weighted by atomic mass is 16.3. The van der Waals surface area contributed by atoms with Gasteiger partial charge in [0.25, 0.3) is 0 Å². The molecule has 2 rings (SSSR count). The summed E-state index contributed by atoms with van der Waals surface area (Å²) < 4.78 is 0. The normalized spacial score (nSPS) is 10.7. The molecule has 2 aromatic rings. The summed E-state index contributed by atoms with van der Waals surface area (Å²) in [7, 11) is 0. The monoisotopic (exact) mass is 280 g/mol. The fourth-order valence-corrected chi connectivity index (χ4v) is 1.81. The van der Waals surface area contributed by atoms with Crippen molar-refractivity contribution in [2.45, 2.75) is 0 Å². The number of hydrogen-bond acceptors (Lipinski definition) is 3. The van der Waals surface area contributed by atoms with Crippen molar-refractivity contribution >= 4 is 23.8 Å². The highest BCUT2D eigenvalue weighted by Crippen LogP contribution is 2.21. The van der Waals surface area contributed by atoms with Gasteiger partial charge in [0.05, 0.1) is 0 Å². The largest absolute Gasteiger partial charge is 0.507 e. The number of phenols is 1. The van der Waals surface area contributed by atoms with Crippen LogP contribution < -0.4 is 11.5 Å². The third kappa shape index (κ3) is 3.48. The van der Waals surface area contributed by atoms with Crippen LogP contribution in [-0.2, 0) is 0 Å². The van der Waals surface area contributed by atoms with Crippen LogP contribution in [0.5, 0.6) is 5.75 Å². The van der Waals surface area contributed by atoms with Gasteiger partial charge in [-0.15, -0.1) is 0 Å². The van der Waals surface area contributed by atoms with Gasteiger partial charge in [-0.05, 0) is 11.6 Å². The maximum absolute atomic E-state index is 9.89. The second-order valence-corrected chi connectivity index (χ2v) is 4.56. The number of nitrogens with one attached hydrogen (secondary N) is 2. The van der Waals surface area contributed by atoms with Gasteiger partial charge in [0.1, 0.15) is 17.4 Å². The molecular formula is C16H16N4O. The summed E-state index contributed by atoms with van der Waals surface area (Å²) in [5.41, 5.74) is 13.5. The van der Waals surface area contributed by atoms with Crippen LogP contribution in [0.25, 0.3) is 12.2 Å². The molecule has 21 heavy (non-hydrogen) atoms. The van der Waals surface area contributed by atoms with E-state index in [-0.39, 0.29) is 17.4 Å². The Balaban J connectivity index is 2.21. The van der Waals surface area contributed by atoms with Crippen LogP contribution in [-0.4, -0.2) is 16.8 Å². The zero-order valence-electron chi connectivity index (χ0n) is 11.3. The van der Waals surface area contributed by atoms with E-state index in [0.29, 0.717) is 16.7 Å².